The maximum atomic E-state index is 5.49. The molecule has 2 aromatic rings. The van der Waals surface area contributed by atoms with Gasteiger partial charge in [0.1, 0.15) is 0 Å². The van der Waals surface area contributed by atoms with Crippen molar-refractivity contribution in [3.63, 3.8) is 0 Å². The number of halogens is 2. The molecule has 0 amide bonds. The minimum absolute atomic E-state index is 0.814. The molecule has 0 saturated carbocycles. The van der Waals surface area contributed by atoms with Gasteiger partial charge in [0, 0.05) is 33.7 Å². The molecule has 1 aromatic heterocycles. The maximum Gasteiger partial charge on any atom is 0.0484 e. The van der Waals surface area contributed by atoms with Crippen LogP contribution in [-0.2, 0) is 6.54 Å². The Hall–Kier alpha value is -0.730. The first-order valence-electron chi connectivity index (χ1n) is 4.31. The molecule has 0 radical (unpaired) electrons. The molecule has 1 nitrogen and oxygen atoms in total. The molecule has 0 aliphatic heterocycles. The van der Waals surface area contributed by atoms with E-state index in [9.17, 15) is 0 Å². The van der Waals surface area contributed by atoms with Crippen LogP contribution >= 0.6 is 27.5 Å². The molecule has 0 bridgehead atoms. The first-order chi connectivity index (χ1) is 6.81. The SMILES string of the molecule is Cl/C=C/Cn1ccc2cc(Br)ccc21. The molecule has 0 atom stereocenters. The van der Waals surface area contributed by atoms with Crippen LogP contribution in [-0.4, -0.2) is 4.57 Å². The van der Waals surface area contributed by atoms with E-state index in [1.807, 2.05) is 12.1 Å². The Morgan fingerprint density at radius 3 is 3.00 bits per heavy atom. The second-order valence-corrected chi connectivity index (χ2v) is 4.20. The predicted octanol–water partition coefficient (Wildman–Crippen LogP) is 4.16. The number of hydrogen-bond acceptors (Lipinski definition) is 0. The lowest BCUT2D eigenvalue weighted by molar-refractivity contribution is 0.865. The van der Waals surface area contributed by atoms with Crippen molar-refractivity contribution in [1.82, 2.24) is 4.57 Å². The smallest absolute Gasteiger partial charge is 0.0484 e. The zero-order chi connectivity index (χ0) is 9.97. The Balaban J connectivity index is 2.47. The van der Waals surface area contributed by atoms with Gasteiger partial charge in [-0.05, 0) is 24.3 Å². The van der Waals surface area contributed by atoms with Crippen LogP contribution in [0.1, 0.15) is 0 Å². The highest BCUT2D eigenvalue weighted by molar-refractivity contribution is 9.10. The van der Waals surface area contributed by atoms with Crippen molar-refractivity contribution in [2.24, 2.45) is 0 Å². The van der Waals surface area contributed by atoms with Gasteiger partial charge in [-0.1, -0.05) is 33.6 Å². The van der Waals surface area contributed by atoms with Crippen molar-refractivity contribution < 1.29 is 0 Å². The number of nitrogens with zero attached hydrogens (tertiary/aromatic N) is 1. The first-order valence-corrected chi connectivity index (χ1v) is 5.54. The minimum atomic E-state index is 0.814. The summed E-state index contributed by atoms with van der Waals surface area (Å²) in [4.78, 5) is 0. The van der Waals surface area contributed by atoms with Crippen LogP contribution in [0.4, 0.5) is 0 Å². The van der Waals surface area contributed by atoms with E-state index in [1.165, 1.54) is 10.9 Å². The summed E-state index contributed by atoms with van der Waals surface area (Å²) in [6, 6.07) is 8.35. The Morgan fingerprint density at radius 1 is 1.36 bits per heavy atom. The monoisotopic (exact) mass is 269 g/mol. The predicted molar refractivity (Wildman–Crippen MR) is 64.6 cm³/mol. The molecule has 0 aliphatic carbocycles. The standard InChI is InChI=1S/C11H9BrClN/c12-10-2-3-11-9(8-10)4-7-14(11)6-1-5-13/h1-5,7-8H,6H2/b5-1+. The van der Waals surface area contributed by atoms with Gasteiger partial charge in [-0.2, -0.15) is 0 Å². The Labute approximate surface area is 96.1 Å². The molecule has 2 rings (SSSR count). The fourth-order valence-corrected chi connectivity index (χ4v) is 1.94. The van der Waals surface area contributed by atoms with E-state index in [1.54, 1.807) is 5.54 Å². The van der Waals surface area contributed by atoms with Crippen LogP contribution in [0.5, 0.6) is 0 Å². The van der Waals surface area contributed by atoms with Gasteiger partial charge in [-0.15, -0.1) is 0 Å². The number of hydrogen-bond donors (Lipinski definition) is 0. The van der Waals surface area contributed by atoms with Crippen LogP contribution in [0.25, 0.3) is 10.9 Å². The molecule has 72 valence electrons. The third-order valence-corrected chi connectivity index (χ3v) is 2.80. The summed E-state index contributed by atoms with van der Waals surface area (Å²) in [5, 5.41) is 1.24. The highest BCUT2D eigenvalue weighted by atomic mass is 79.9. The highest BCUT2D eigenvalue weighted by Crippen LogP contribution is 2.20. The molecule has 0 unspecified atom stereocenters. The van der Waals surface area contributed by atoms with Crippen molar-refractivity contribution in [1.29, 1.82) is 0 Å². The van der Waals surface area contributed by atoms with Gasteiger partial charge < -0.3 is 4.57 Å². The van der Waals surface area contributed by atoms with E-state index in [2.05, 4.69) is 44.9 Å². The molecule has 3 heteroatoms. The van der Waals surface area contributed by atoms with Crippen LogP contribution < -0.4 is 0 Å². The lowest BCUT2D eigenvalue weighted by Crippen LogP contribution is -1.91. The summed E-state index contributed by atoms with van der Waals surface area (Å²) >= 11 is 8.94. The van der Waals surface area contributed by atoms with Crippen LogP contribution in [0.3, 0.4) is 0 Å². The lowest BCUT2D eigenvalue weighted by atomic mass is 10.2. The number of rotatable bonds is 2. The number of allylic oxidation sites excluding steroid dienone is 1. The summed E-state index contributed by atoms with van der Waals surface area (Å²) in [7, 11) is 0. The molecule has 14 heavy (non-hydrogen) atoms. The van der Waals surface area contributed by atoms with Crippen molar-refractivity contribution in [3.8, 4) is 0 Å². The lowest BCUT2D eigenvalue weighted by Gasteiger charge is -2.00. The van der Waals surface area contributed by atoms with Gasteiger partial charge in [-0.3, -0.25) is 0 Å². The Morgan fingerprint density at radius 2 is 2.21 bits per heavy atom. The highest BCUT2D eigenvalue weighted by Gasteiger charge is 1.99. The molecule has 0 spiro atoms. The Kier molecular flexibility index (Phi) is 2.94. The second kappa shape index (κ2) is 4.20. The molecular formula is C11H9BrClN. The average molecular weight is 271 g/mol. The molecular weight excluding hydrogens is 261 g/mol. The van der Waals surface area contributed by atoms with Crippen molar-refractivity contribution >= 4 is 38.4 Å². The number of aromatic nitrogens is 1. The largest absolute Gasteiger partial charge is 0.344 e. The molecule has 0 aliphatic rings. The average Bonchev–Trinajstić information content (AvgIpc) is 2.57. The summed E-state index contributed by atoms with van der Waals surface area (Å²) < 4.78 is 3.26. The summed E-state index contributed by atoms with van der Waals surface area (Å²) in [5.41, 5.74) is 2.77. The van der Waals surface area contributed by atoms with Gasteiger partial charge in [-0.25, -0.2) is 0 Å². The molecule has 0 N–H and O–H groups in total. The van der Waals surface area contributed by atoms with E-state index in [-0.39, 0.29) is 0 Å². The molecule has 1 heterocycles. The van der Waals surface area contributed by atoms with E-state index >= 15 is 0 Å². The van der Waals surface area contributed by atoms with Crippen molar-refractivity contribution in [2.45, 2.75) is 6.54 Å². The van der Waals surface area contributed by atoms with Crippen LogP contribution in [0.15, 0.2) is 46.5 Å². The Bertz CT molecular complexity index is 473. The number of benzene rings is 1. The molecule has 0 fully saturated rings. The normalized spacial score (nSPS) is 11.6. The maximum absolute atomic E-state index is 5.49. The summed E-state index contributed by atoms with van der Waals surface area (Å²) in [6.45, 7) is 0.814. The van der Waals surface area contributed by atoms with E-state index < -0.39 is 0 Å². The third-order valence-electron chi connectivity index (χ3n) is 2.12. The van der Waals surface area contributed by atoms with Gasteiger partial charge in [0.15, 0.2) is 0 Å². The van der Waals surface area contributed by atoms with Gasteiger partial charge >= 0.3 is 0 Å². The van der Waals surface area contributed by atoms with Gasteiger partial charge in [0.05, 0.1) is 0 Å². The first kappa shape index (κ1) is 9.81. The third kappa shape index (κ3) is 1.86. The van der Waals surface area contributed by atoms with E-state index in [0.29, 0.717) is 0 Å². The van der Waals surface area contributed by atoms with Crippen LogP contribution in [0, 0.1) is 0 Å². The van der Waals surface area contributed by atoms with E-state index in [4.69, 9.17) is 11.6 Å². The number of fused-ring (bicyclic) bond motifs is 1. The van der Waals surface area contributed by atoms with Crippen LogP contribution in [0.2, 0.25) is 0 Å². The van der Waals surface area contributed by atoms with Crippen molar-refractivity contribution in [2.75, 3.05) is 0 Å². The fourth-order valence-electron chi connectivity index (χ4n) is 1.48. The van der Waals surface area contributed by atoms with Crippen molar-refractivity contribution in [3.05, 3.63) is 46.5 Å². The molecule has 1 aromatic carbocycles. The second-order valence-electron chi connectivity index (χ2n) is 3.03. The zero-order valence-electron chi connectivity index (χ0n) is 7.45. The fraction of sp³-hybridized carbons (Fsp3) is 0.0909. The topological polar surface area (TPSA) is 4.93 Å². The zero-order valence-corrected chi connectivity index (χ0v) is 9.79. The minimum Gasteiger partial charge on any atom is -0.344 e. The quantitative estimate of drug-likeness (QED) is 0.772. The summed E-state index contributed by atoms with van der Waals surface area (Å²) in [5.74, 6) is 0. The van der Waals surface area contributed by atoms with Gasteiger partial charge in [0.25, 0.3) is 0 Å². The molecule has 0 saturated heterocycles. The van der Waals surface area contributed by atoms with E-state index in [0.717, 1.165) is 11.0 Å². The van der Waals surface area contributed by atoms with Gasteiger partial charge in [0.2, 0.25) is 0 Å². The summed E-state index contributed by atoms with van der Waals surface area (Å²) in [6.07, 6.45) is 3.98.